The number of nitrogens with zero attached hydrogens (tertiary/aromatic N) is 4. The first-order valence-electron chi connectivity index (χ1n) is 13.0. The monoisotopic (exact) mass is 652 g/mol. The maximum absolute atomic E-state index is 9.97. The van der Waals surface area contributed by atoms with Gasteiger partial charge >= 0.3 is 7.12 Å². The van der Waals surface area contributed by atoms with Gasteiger partial charge in [-0.25, -0.2) is 0 Å². The second-order valence-corrected chi connectivity index (χ2v) is 14.2. The van der Waals surface area contributed by atoms with E-state index in [1.54, 1.807) is 37.1 Å². The SMILES string of the molecule is CC(C)(O)Cn1cc2c(Cl)c(B3OC(C)(C)C(C)(C)O3)ccc2n1.CC(C)(O)Cn1cc2c(Cl)c(Br)ccc2n1. The van der Waals surface area contributed by atoms with E-state index in [0.29, 0.717) is 23.1 Å². The lowest BCUT2D eigenvalue weighted by atomic mass is 9.78. The van der Waals surface area contributed by atoms with E-state index < -0.39 is 29.5 Å². The molecule has 2 aromatic carbocycles. The predicted molar refractivity (Wildman–Crippen MR) is 165 cm³/mol. The second kappa shape index (κ2) is 10.9. The number of halogens is 3. The molecule has 0 amide bonds. The first kappa shape index (κ1) is 31.3. The van der Waals surface area contributed by atoms with Gasteiger partial charge in [0.15, 0.2) is 0 Å². The molecule has 2 N–H and O–H groups in total. The molecule has 1 aliphatic rings. The molecular formula is C28H36BBrCl2N4O4. The lowest BCUT2D eigenvalue weighted by Crippen LogP contribution is -2.41. The van der Waals surface area contributed by atoms with E-state index in [1.807, 2.05) is 64.4 Å². The molecule has 0 spiro atoms. The van der Waals surface area contributed by atoms with Crippen molar-refractivity contribution in [1.29, 1.82) is 0 Å². The van der Waals surface area contributed by atoms with Gasteiger partial charge < -0.3 is 19.5 Å². The van der Waals surface area contributed by atoms with Crippen LogP contribution in [0.4, 0.5) is 0 Å². The number of benzene rings is 2. The van der Waals surface area contributed by atoms with Gasteiger partial charge in [-0.2, -0.15) is 10.2 Å². The minimum Gasteiger partial charge on any atom is -0.399 e. The molecular weight excluding hydrogens is 618 g/mol. The van der Waals surface area contributed by atoms with Crippen LogP contribution in [-0.4, -0.2) is 59.3 Å². The number of rotatable bonds is 5. The summed E-state index contributed by atoms with van der Waals surface area (Å²) in [5.41, 5.74) is -0.0516. The molecule has 0 radical (unpaired) electrons. The molecule has 3 heterocycles. The van der Waals surface area contributed by atoms with Crippen LogP contribution in [0.5, 0.6) is 0 Å². The highest BCUT2D eigenvalue weighted by molar-refractivity contribution is 9.10. The quantitative estimate of drug-likeness (QED) is 0.257. The lowest BCUT2D eigenvalue weighted by Gasteiger charge is -2.32. The Morgan fingerprint density at radius 3 is 1.68 bits per heavy atom. The molecule has 0 saturated carbocycles. The molecule has 1 fully saturated rings. The lowest BCUT2D eigenvalue weighted by molar-refractivity contribution is 0.00578. The van der Waals surface area contributed by atoms with Gasteiger partial charge in [-0.1, -0.05) is 29.3 Å². The number of hydrogen-bond acceptors (Lipinski definition) is 6. The van der Waals surface area contributed by atoms with Crippen LogP contribution >= 0.6 is 39.1 Å². The fourth-order valence-corrected chi connectivity index (χ4v) is 5.17. The number of aromatic nitrogens is 4. The third-order valence-electron chi connectivity index (χ3n) is 6.93. The Balaban J connectivity index is 0.000000201. The van der Waals surface area contributed by atoms with Crippen LogP contribution in [0.3, 0.4) is 0 Å². The molecule has 0 bridgehead atoms. The maximum Gasteiger partial charge on any atom is 0.496 e. The van der Waals surface area contributed by atoms with E-state index in [1.165, 1.54) is 0 Å². The average Bonchev–Trinajstić information content (AvgIpc) is 3.43. The second-order valence-electron chi connectivity index (χ2n) is 12.6. The molecule has 40 heavy (non-hydrogen) atoms. The Hall–Kier alpha value is -1.66. The molecule has 8 nitrogen and oxygen atoms in total. The summed E-state index contributed by atoms with van der Waals surface area (Å²) >= 11 is 16.1. The van der Waals surface area contributed by atoms with Gasteiger partial charge in [-0.15, -0.1) is 0 Å². The highest BCUT2D eigenvalue weighted by Gasteiger charge is 2.52. The van der Waals surface area contributed by atoms with E-state index >= 15 is 0 Å². The summed E-state index contributed by atoms with van der Waals surface area (Å²) < 4.78 is 16.5. The maximum atomic E-state index is 9.97. The summed E-state index contributed by atoms with van der Waals surface area (Å²) in [6, 6.07) is 7.56. The summed E-state index contributed by atoms with van der Waals surface area (Å²) in [7, 11) is -0.510. The number of hydrogen-bond donors (Lipinski definition) is 2. The summed E-state index contributed by atoms with van der Waals surface area (Å²) in [6.45, 7) is 15.9. The Bertz CT molecular complexity index is 1520. The van der Waals surface area contributed by atoms with Crippen molar-refractivity contribution in [3.05, 3.63) is 51.2 Å². The van der Waals surface area contributed by atoms with Crippen LogP contribution in [0.15, 0.2) is 41.1 Å². The van der Waals surface area contributed by atoms with Crippen molar-refractivity contribution in [2.45, 2.75) is 90.9 Å². The minimum atomic E-state index is -0.844. The van der Waals surface area contributed by atoms with Crippen molar-refractivity contribution in [2.75, 3.05) is 0 Å². The molecule has 0 atom stereocenters. The molecule has 1 saturated heterocycles. The predicted octanol–water partition coefficient (Wildman–Crippen LogP) is 5.98. The van der Waals surface area contributed by atoms with Gasteiger partial charge in [0.1, 0.15) is 0 Å². The van der Waals surface area contributed by atoms with Crippen molar-refractivity contribution in [2.24, 2.45) is 0 Å². The fourth-order valence-electron chi connectivity index (χ4n) is 4.32. The Kier molecular flexibility index (Phi) is 8.51. The highest BCUT2D eigenvalue weighted by atomic mass is 79.9. The Labute approximate surface area is 253 Å². The average molecular weight is 654 g/mol. The molecule has 216 valence electrons. The highest BCUT2D eigenvalue weighted by Crippen LogP contribution is 2.37. The van der Waals surface area contributed by atoms with Gasteiger partial charge in [-0.05, 0) is 89.5 Å². The summed E-state index contributed by atoms with van der Waals surface area (Å²) in [4.78, 5) is 0. The van der Waals surface area contributed by atoms with Crippen molar-refractivity contribution in [3.63, 3.8) is 0 Å². The van der Waals surface area contributed by atoms with Gasteiger partial charge in [0.25, 0.3) is 0 Å². The van der Waals surface area contributed by atoms with Gasteiger partial charge in [0, 0.05) is 33.1 Å². The topological polar surface area (TPSA) is 94.6 Å². The smallest absolute Gasteiger partial charge is 0.399 e. The van der Waals surface area contributed by atoms with Crippen molar-refractivity contribution >= 4 is 73.5 Å². The molecule has 1 aliphatic heterocycles. The van der Waals surface area contributed by atoms with E-state index in [0.717, 1.165) is 31.7 Å². The zero-order chi connectivity index (χ0) is 29.8. The van der Waals surface area contributed by atoms with E-state index in [4.69, 9.17) is 32.5 Å². The van der Waals surface area contributed by atoms with Crippen molar-refractivity contribution in [1.82, 2.24) is 19.6 Å². The van der Waals surface area contributed by atoms with Crippen LogP contribution in [0.2, 0.25) is 10.0 Å². The van der Waals surface area contributed by atoms with Crippen LogP contribution < -0.4 is 5.46 Å². The van der Waals surface area contributed by atoms with Gasteiger partial charge in [0.05, 0.1) is 56.6 Å². The summed E-state index contributed by atoms with van der Waals surface area (Å²) in [5, 5.41) is 31.5. The molecule has 0 unspecified atom stereocenters. The zero-order valence-corrected chi connectivity index (χ0v) is 27.2. The number of aliphatic hydroxyl groups is 2. The third kappa shape index (κ3) is 6.86. The Morgan fingerprint density at radius 1 is 0.800 bits per heavy atom. The molecule has 2 aromatic heterocycles. The molecule has 12 heteroatoms. The van der Waals surface area contributed by atoms with E-state index in [2.05, 4.69) is 26.1 Å². The molecule has 0 aliphatic carbocycles. The molecule has 5 rings (SSSR count). The molecule has 4 aromatic rings. The van der Waals surface area contributed by atoms with Gasteiger partial charge in [0.2, 0.25) is 0 Å². The van der Waals surface area contributed by atoms with Crippen molar-refractivity contribution < 1.29 is 19.5 Å². The Morgan fingerprint density at radius 2 is 1.23 bits per heavy atom. The van der Waals surface area contributed by atoms with Crippen LogP contribution in [0.25, 0.3) is 21.8 Å². The fraction of sp³-hybridized carbons (Fsp3) is 0.500. The van der Waals surface area contributed by atoms with E-state index in [9.17, 15) is 10.2 Å². The first-order valence-corrected chi connectivity index (χ1v) is 14.6. The first-order chi connectivity index (χ1) is 18.3. The third-order valence-corrected chi connectivity index (χ3v) is 8.65. The van der Waals surface area contributed by atoms with Crippen molar-refractivity contribution in [3.8, 4) is 0 Å². The largest absolute Gasteiger partial charge is 0.496 e. The number of fused-ring (bicyclic) bond motifs is 2. The van der Waals surface area contributed by atoms with Crippen LogP contribution in [0, 0.1) is 0 Å². The standard InChI is InChI=1S/C17H24BClN2O3.C11H12BrClN2O/c1-15(2,22)10-21-9-11-13(20-21)8-7-12(14(11)19)18-23-16(3,4)17(5,6)24-18;1-11(2,16)6-15-5-7-9(14-15)4-3-8(12)10(7)13/h7-9,22H,10H2,1-6H3;3-5,16H,6H2,1-2H3. The normalized spacial score (nSPS) is 17.0. The van der Waals surface area contributed by atoms with E-state index in [-0.39, 0.29) is 0 Å². The summed E-state index contributed by atoms with van der Waals surface area (Å²) in [6.07, 6.45) is 3.70. The van der Waals surface area contributed by atoms with Crippen LogP contribution in [-0.2, 0) is 22.4 Å². The van der Waals surface area contributed by atoms with Gasteiger partial charge in [-0.3, -0.25) is 9.36 Å². The van der Waals surface area contributed by atoms with Crippen LogP contribution in [0.1, 0.15) is 55.4 Å². The minimum absolute atomic E-state index is 0.393. The summed E-state index contributed by atoms with van der Waals surface area (Å²) in [5.74, 6) is 0. The zero-order valence-electron chi connectivity index (χ0n) is 24.1.